The van der Waals surface area contributed by atoms with Gasteiger partial charge < -0.3 is 11.5 Å². The molecular weight excluding hydrogens is 320 g/mol. The van der Waals surface area contributed by atoms with E-state index >= 15 is 0 Å². The minimum absolute atomic E-state index is 0. The Labute approximate surface area is 123 Å². The van der Waals surface area contributed by atoms with Gasteiger partial charge in [0.2, 0.25) is 0 Å². The molecule has 0 saturated carbocycles. The molecule has 0 heterocycles. The summed E-state index contributed by atoms with van der Waals surface area (Å²) in [5, 5.41) is 15.0. The fourth-order valence-electron chi connectivity index (χ4n) is 1.34. The number of rotatable bonds is 8. The first-order valence-electron chi connectivity index (χ1n) is 5.53. The van der Waals surface area contributed by atoms with Crippen LogP contribution in [0.2, 0.25) is 0 Å². The Morgan fingerprint density at radius 3 is 2.24 bits per heavy atom. The quantitative estimate of drug-likeness (QED) is 0.309. The minimum atomic E-state index is 0. The zero-order chi connectivity index (χ0) is 12.4. The Kier molecular flexibility index (Phi) is 14.4. The van der Waals surface area contributed by atoms with Crippen LogP contribution in [0, 0.1) is 10.8 Å². The van der Waals surface area contributed by atoms with Crippen LogP contribution in [-0.2, 0) is 0 Å². The Hall–Kier alpha value is 0.120. The summed E-state index contributed by atoms with van der Waals surface area (Å²) in [6.45, 7) is 2.19. The monoisotopic (exact) mass is 342 g/mol. The third-order valence-electron chi connectivity index (χ3n) is 2.10. The van der Waals surface area contributed by atoms with Crippen LogP contribution < -0.4 is 11.5 Å². The first kappa shape index (κ1) is 19.5. The number of nitrogens with two attached hydrogens (primary N) is 2. The molecule has 0 aliphatic heterocycles. The Morgan fingerprint density at radius 1 is 1.12 bits per heavy atom. The van der Waals surface area contributed by atoms with E-state index < -0.39 is 0 Å². The van der Waals surface area contributed by atoms with Crippen molar-refractivity contribution in [2.24, 2.45) is 11.5 Å². The minimum Gasteiger partial charge on any atom is -0.379 e. The first-order chi connectivity index (χ1) is 7.56. The third kappa shape index (κ3) is 14.1. The fourth-order valence-corrected chi connectivity index (χ4v) is 2.99. The zero-order valence-corrected chi connectivity index (χ0v) is 13.5. The molecule has 0 radical (unpaired) electrons. The zero-order valence-electron chi connectivity index (χ0n) is 10.2. The normalized spacial score (nSPS) is 11.6. The Morgan fingerprint density at radius 2 is 1.76 bits per heavy atom. The fraction of sp³-hybridized carbons (Fsp3) is 0.800. The van der Waals surface area contributed by atoms with Crippen molar-refractivity contribution in [3.63, 3.8) is 0 Å². The van der Waals surface area contributed by atoms with Gasteiger partial charge in [-0.25, -0.2) is 0 Å². The van der Waals surface area contributed by atoms with Gasteiger partial charge in [0, 0.05) is 11.0 Å². The maximum Gasteiger partial charge on any atom is 0.151 e. The summed E-state index contributed by atoms with van der Waals surface area (Å²) in [5.74, 6) is 0.770. The first-order valence-corrected chi connectivity index (χ1v) is 7.40. The van der Waals surface area contributed by atoms with E-state index in [1.165, 1.54) is 42.8 Å². The van der Waals surface area contributed by atoms with Crippen molar-refractivity contribution in [3.8, 4) is 0 Å². The lowest BCUT2D eigenvalue weighted by atomic mass is 10.1. The van der Waals surface area contributed by atoms with Gasteiger partial charge in [-0.1, -0.05) is 56.1 Å². The number of thioether (sulfide) groups is 2. The van der Waals surface area contributed by atoms with Crippen molar-refractivity contribution in [2.75, 3.05) is 5.75 Å². The average Bonchev–Trinajstić information content (AvgIpc) is 2.19. The number of hydrogen-bond acceptors (Lipinski definition) is 4. The van der Waals surface area contributed by atoms with E-state index in [1.54, 1.807) is 0 Å². The summed E-state index contributed by atoms with van der Waals surface area (Å²) < 4.78 is 0. The molecule has 6 N–H and O–H groups in total. The highest BCUT2D eigenvalue weighted by atomic mass is 79.9. The summed E-state index contributed by atoms with van der Waals surface area (Å²) in [5.41, 5.74) is 10.7. The van der Waals surface area contributed by atoms with Gasteiger partial charge in [-0.15, -0.1) is 17.0 Å². The smallest absolute Gasteiger partial charge is 0.151 e. The molecule has 0 bridgehead atoms. The number of halogens is 1. The van der Waals surface area contributed by atoms with Crippen LogP contribution in [0.4, 0.5) is 0 Å². The number of nitrogens with one attached hydrogen (secondary N) is 2. The summed E-state index contributed by atoms with van der Waals surface area (Å²) in [6.07, 6.45) is 5.93. The molecule has 0 amide bonds. The Balaban J connectivity index is 0. The number of amidine groups is 2. The standard InChI is InChI=1S/C10H22N4S2.BrH/c1-2-3-4-5-6-8(16-10(13)14)7-15-9(11)12;/h8H,2-7H2,1H3,(H3,11,12)(H3,13,14);1H. The number of unbranched alkanes of at least 4 members (excludes halogenated alkanes) is 3. The van der Waals surface area contributed by atoms with Gasteiger partial charge in [0.15, 0.2) is 10.3 Å². The Bertz CT molecular complexity index is 226. The highest BCUT2D eigenvalue weighted by Gasteiger charge is 2.11. The molecule has 0 aliphatic carbocycles. The van der Waals surface area contributed by atoms with E-state index in [9.17, 15) is 0 Å². The topological polar surface area (TPSA) is 99.7 Å². The lowest BCUT2D eigenvalue weighted by Crippen LogP contribution is -2.17. The second-order valence-electron chi connectivity index (χ2n) is 3.63. The van der Waals surface area contributed by atoms with Crippen molar-refractivity contribution in [2.45, 2.75) is 44.3 Å². The molecule has 0 aromatic carbocycles. The second kappa shape index (κ2) is 12.6. The van der Waals surface area contributed by atoms with Crippen LogP contribution >= 0.6 is 40.5 Å². The van der Waals surface area contributed by atoms with Gasteiger partial charge in [0.05, 0.1) is 0 Å². The second-order valence-corrected chi connectivity index (χ2v) is 6.03. The van der Waals surface area contributed by atoms with E-state index in [0.29, 0.717) is 5.25 Å². The van der Waals surface area contributed by atoms with Crippen LogP contribution in [0.5, 0.6) is 0 Å². The molecule has 4 nitrogen and oxygen atoms in total. The van der Waals surface area contributed by atoms with E-state index in [2.05, 4.69) is 6.92 Å². The summed E-state index contributed by atoms with van der Waals surface area (Å²) in [7, 11) is 0. The van der Waals surface area contributed by atoms with E-state index in [-0.39, 0.29) is 27.3 Å². The molecule has 1 atom stereocenters. The van der Waals surface area contributed by atoms with Gasteiger partial charge in [-0.05, 0) is 6.42 Å². The maximum atomic E-state index is 7.27. The summed E-state index contributed by atoms with van der Waals surface area (Å²) in [4.78, 5) is 0. The van der Waals surface area contributed by atoms with E-state index in [4.69, 9.17) is 22.3 Å². The van der Waals surface area contributed by atoms with Crippen LogP contribution in [0.25, 0.3) is 0 Å². The SMILES string of the molecule is Br.CCCCCCC(CSC(=N)N)SC(=N)N. The van der Waals surface area contributed by atoms with Gasteiger partial charge >= 0.3 is 0 Å². The molecule has 0 rings (SSSR count). The van der Waals surface area contributed by atoms with Crippen LogP contribution in [0.15, 0.2) is 0 Å². The van der Waals surface area contributed by atoms with Crippen molar-refractivity contribution in [1.29, 1.82) is 10.8 Å². The van der Waals surface area contributed by atoms with Gasteiger partial charge in [-0.2, -0.15) is 0 Å². The average molecular weight is 343 g/mol. The predicted molar refractivity (Wildman–Crippen MR) is 86.7 cm³/mol. The maximum absolute atomic E-state index is 7.27. The summed E-state index contributed by atoms with van der Waals surface area (Å²) in [6, 6.07) is 0. The van der Waals surface area contributed by atoms with Crippen molar-refractivity contribution in [3.05, 3.63) is 0 Å². The molecule has 0 aromatic rings. The summed E-state index contributed by atoms with van der Waals surface area (Å²) >= 11 is 2.72. The predicted octanol–water partition coefficient (Wildman–Crippen LogP) is 3.16. The molecule has 17 heavy (non-hydrogen) atoms. The van der Waals surface area contributed by atoms with Gasteiger partial charge in [0.25, 0.3) is 0 Å². The largest absolute Gasteiger partial charge is 0.379 e. The van der Waals surface area contributed by atoms with Crippen LogP contribution in [0.1, 0.15) is 39.0 Å². The molecule has 0 aromatic heterocycles. The molecule has 0 fully saturated rings. The van der Waals surface area contributed by atoms with Crippen molar-refractivity contribution < 1.29 is 0 Å². The lowest BCUT2D eigenvalue weighted by molar-refractivity contribution is 0.633. The van der Waals surface area contributed by atoms with E-state index in [0.717, 1.165) is 18.6 Å². The molecule has 102 valence electrons. The third-order valence-corrected chi connectivity index (χ3v) is 4.18. The number of hydrogen-bond donors (Lipinski definition) is 4. The highest BCUT2D eigenvalue weighted by molar-refractivity contribution is 8.93. The molecule has 0 aliphatic rings. The molecule has 7 heteroatoms. The lowest BCUT2D eigenvalue weighted by Gasteiger charge is -2.14. The molecule has 1 unspecified atom stereocenters. The van der Waals surface area contributed by atoms with Gasteiger partial charge in [-0.3, -0.25) is 10.8 Å². The van der Waals surface area contributed by atoms with Crippen LogP contribution in [-0.4, -0.2) is 21.3 Å². The molecular formula is C10H23BrN4S2. The van der Waals surface area contributed by atoms with Crippen LogP contribution in [0.3, 0.4) is 0 Å². The molecule has 0 saturated heterocycles. The van der Waals surface area contributed by atoms with Crippen molar-refractivity contribution >= 4 is 50.8 Å². The molecule has 0 spiro atoms. The van der Waals surface area contributed by atoms with Crippen molar-refractivity contribution in [1.82, 2.24) is 0 Å². The van der Waals surface area contributed by atoms with Gasteiger partial charge in [0.1, 0.15) is 0 Å². The highest BCUT2D eigenvalue weighted by Crippen LogP contribution is 2.21. The van der Waals surface area contributed by atoms with E-state index in [1.807, 2.05) is 0 Å².